The van der Waals surface area contributed by atoms with Gasteiger partial charge in [0.05, 0.1) is 18.6 Å². The van der Waals surface area contributed by atoms with Crippen LogP contribution in [0.3, 0.4) is 0 Å². The number of nitrogens with one attached hydrogen (secondary N) is 1. The van der Waals surface area contributed by atoms with E-state index in [2.05, 4.69) is 20.1 Å². The monoisotopic (exact) mass is 387 g/mol. The third-order valence-corrected chi connectivity index (χ3v) is 7.41. The summed E-state index contributed by atoms with van der Waals surface area (Å²) in [6, 6.07) is 3.85. The fourth-order valence-corrected chi connectivity index (χ4v) is 6.68. The van der Waals surface area contributed by atoms with Crippen LogP contribution in [0.4, 0.5) is 5.95 Å². The summed E-state index contributed by atoms with van der Waals surface area (Å²) in [5, 5.41) is 7.17. The third-order valence-electron chi connectivity index (χ3n) is 6.58. The van der Waals surface area contributed by atoms with Crippen molar-refractivity contribution in [1.82, 2.24) is 20.1 Å². The maximum Gasteiger partial charge on any atom is 0.233 e. The second-order valence-electron chi connectivity index (χ2n) is 8.49. The van der Waals surface area contributed by atoms with Gasteiger partial charge in [0.1, 0.15) is 5.76 Å². The molecule has 0 spiro atoms. The van der Waals surface area contributed by atoms with Crippen molar-refractivity contribution in [2.45, 2.75) is 55.8 Å². The number of aromatic amines is 1. The van der Waals surface area contributed by atoms with Gasteiger partial charge in [-0.3, -0.25) is 4.79 Å². The molecule has 0 saturated heterocycles. The number of carbonyl (C=O) groups excluding carboxylic acids is 1. The zero-order valence-corrected chi connectivity index (χ0v) is 16.1. The first-order valence-corrected chi connectivity index (χ1v) is 10.7. The number of carbonyl (C=O) groups is 1. The Balaban J connectivity index is 1.38. The highest BCUT2D eigenvalue weighted by molar-refractivity contribution is 7.99. The van der Waals surface area contributed by atoms with Crippen LogP contribution in [0.15, 0.2) is 28.0 Å². The molecule has 0 aliphatic heterocycles. The molecule has 3 N–H and O–H groups in total. The number of H-pyrrole nitrogens is 1. The first-order valence-electron chi connectivity index (χ1n) is 9.73. The number of aromatic nitrogens is 3. The van der Waals surface area contributed by atoms with Crippen molar-refractivity contribution in [3.8, 4) is 0 Å². The zero-order chi connectivity index (χ0) is 18.4. The second-order valence-corrected chi connectivity index (χ2v) is 9.44. The number of nitrogen functional groups attached to an aromatic ring is 1. The Labute approximate surface area is 162 Å². The summed E-state index contributed by atoms with van der Waals surface area (Å²) < 4.78 is 5.60. The molecule has 2 aromatic rings. The number of nitrogens with zero attached hydrogens (tertiary/aromatic N) is 3. The number of furan rings is 1. The highest BCUT2D eigenvalue weighted by atomic mass is 32.2. The predicted octanol–water partition coefficient (Wildman–Crippen LogP) is 3.07. The molecular formula is C19H25N5O2S. The van der Waals surface area contributed by atoms with E-state index in [1.165, 1.54) is 31.0 Å². The molecule has 4 bridgehead atoms. The summed E-state index contributed by atoms with van der Waals surface area (Å²) in [6.07, 6.45) is 9.17. The number of rotatable bonds is 6. The van der Waals surface area contributed by atoms with Gasteiger partial charge in [-0.05, 0) is 68.4 Å². The quantitative estimate of drug-likeness (QED) is 0.739. The van der Waals surface area contributed by atoms with Crippen molar-refractivity contribution in [1.29, 1.82) is 0 Å². The van der Waals surface area contributed by atoms with Gasteiger partial charge in [0.25, 0.3) is 0 Å². The molecule has 4 saturated carbocycles. The molecule has 0 unspecified atom stereocenters. The Bertz CT molecular complexity index is 783. The van der Waals surface area contributed by atoms with E-state index in [0.717, 1.165) is 42.8 Å². The molecule has 1 amide bonds. The Morgan fingerprint density at radius 2 is 2.00 bits per heavy atom. The van der Waals surface area contributed by atoms with Crippen LogP contribution >= 0.6 is 11.8 Å². The van der Waals surface area contributed by atoms with E-state index in [4.69, 9.17) is 10.2 Å². The Kier molecular flexibility index (Phi) is 4.18. The van der Waals surface area contributed by atoms with E-state index in [-0.39, 0.29) is 17.4 Å². The lowest BCUT2D eigenvalue weighted by atomic mass is 9.52. The highest BCUT2D eigenvalue weighted by Gasteiger charge is 2.54. The zero-order valence-electron chi connectivity index (χ0n) is 15.3. The lowest BCUT2D eigenvalue weighted by Gasteiger charge is -2.60. The normalized spacial score (nSPS) is 31.3. The summed E-state index contributed by atoms with van der Waals surface area (Å²) in [7, 11) is 0. The Hall–Kier alpha value is -1.96. The van der Waals surface area contributed by atoms with E-state index in [0.29, 0.717) is 17.5 Å². The van der Waals surface area contributed by atoms with Gasteiger partial charge in [-0.25, -0.2) is 5.10 Å². The second kappa shape index (κ2) is 6.58. The molecule has 2 heterocycles. The lowest BCUT2D eigenvalue weighted by molar-refractivity contribution is -0.150. The molecular weight excluding hydrogens is 362 g/mol. The number of hydrogen-bond acceptors (Lipinski definition) is 6. The molecule has 7 nitrogen and oxygen atoms in total. The van der Waals surface area contributed by atoms with Crippen molar-refractivity contribution in [3.05, 3.63) is 24.2 Å². The van der Waals surface area contributed by atoms with Crippen LogP contribution in [0, 0.1) is 17.8 Å². The Morgan fingerprint density at radius 1 is 1.30 bits per heavy atom. The third kappa shape index (κ3) is 3.24. The largest absolute Gasteiger partial charge is 0.467 e. The molecule has 0 atom stereocenters. The van der Waals surface area contributed by atoms with Gasteiger partial charge in [-0.15, -0.1) is 5.10 Å². The van der Waals surface area contributed by atoms with Crippen LogP contribution in [-0.4, -0.2) is 37.3 Å². The fourth-order valence-electron chi connectivity index (χ4n) is 6.00. The van der Waals surface area contributed by atoms with Gasteiger partial charge in [0.2, 0.25) is 17.0 Å². The van der Waals surface area contributed by atoms with Crippen LogP contribution in [0.2, 0.25) is 0 Å². The van der Waals surface area contributed by atoms with Gasteiger partial charge in [-0.1, -0.05) is 11.8 Å². The minimum Gasteiger partial charge on any atom is -0.467 e. The molecule has 0 aromatic carbocycles. The van der Waals surface area contributed by atoms with Crippen LogP contribution in [-0.2, 0) is 11.3 Å². The summed E-state index contributed by atoms with van der Waals surface area (Å²) in [6.45, 7) is 0.550. The van der Waals surface area contributed by atoms with Gasteiger partial charge in [-0.2, -0.15) is 4.98 Å². The first-order chi connectivity index (χ1) is 13.1. The van der Waals surface area contributed by atoms with E-state index in [1.54, 1.807) is 6.26 Å². The number of anilines is 1. The highest BCUT2D eigenvalue weighted by Crippen LogP contribution is 2.58. The SMILES string of the molecule is Nc1nc(SCC(=O)N(Cc2ccco2)C23CC4CC(CC(C4)C2)C3)n[nH]1. The van der Waals surface area contributed by atoms with Crippen LogP contribution in [0.25, 0.3) is 0 Å². The minimum absolute atomic E-state index is 0.00276. The molecule has 27 heavy (non-hydrogen) atoms. The van der Waals surface area contributed by atoms with Gasteiger partial charge < -0.3 is 15.1 Å². The molecule has 144 valence electrons. The predicted molar refractivity (Wildman–Crippen MR) is 102 cm³/mol. The fraction of sp³-hybridized carbons (Fsp3) is 0.632. The van der Waals surface area contributed by atoms with E-state index < -0.39 is 0 Å². The summed E-state index contributed by atoms with van der Waals surface area (Å²) in [5.41, 5.74) is 5.58. The van der Waals surface area contributed by atoms with Crippen molar-refractivity contribution in [2.24, 2.45) is 17.8 Å². The minimum atomic E-state index is -0.00276. The maximum absolute atomic E-state index is 13.3. The molecule has 2 aromatic heterocycles. The van der Waals surface area contributed by atoms with Crippen LogP contribution in [0.5, 0.6) is 0 Å². The summed E-state index contributed by atoms with van der Waals surface area (Å²) >= 11 is 1.34. The van der Waals surface area contributed by atoms with Gasteiger partial charge >= 0.3 is 0 Å². The molecule has 6 rings (SSSR count). The average molecular weight is 388 g/mol. The average Bonchev–Trinajstić information content (AvgIpc) is 3.28. The van der Waals surface area contributed by atoms with Crippen molar-refractivity contribution >= 4 is 23.6 Å². The standard InChI is InChI=1S/C19H25N5O2S/c20-17-21-18(23-22-17)27-11-16(25)24(10-15-2-1-3-26-15)19-7-12-4-13(8-19)6-14(5-12)9-19/h1-3,12-14H,4-11H2,(H3,20,21,22,23). The molecule has 4 aliphatic rings. The lowest BCUT2D eigenvalue weighted by Crippen LogP contribution is -2.61. The molecule has 4 aliphatic carbocycles. The van der Waals surface area contributed by atoms with Crippen LogP contribution in [0.1, 0.15) is 44.3 Å². The van der Waals surface area contributed by atoms with E-state index in [9.17, 15) is 4.79 Å². The molecule has 0 radical (unpaired) electrons. The van der Waals surface area contributed by atoms with Gasteiger partial charge in [0.15, 0.2) is 0 Å². The van der Waals surface area contributed by atoms with Gasteiger partial charge in [0, 0.05) is 5.54 Å². The summed E-state index contributed by atoms with van der Waals surface area (Å²) in [4.78, 5) is 19.6. The van der Waals surface area contributed by atoms with E-state index in [1.807, 2.05) is 12.1 Å². The van der Waals surface area contributed by atoms with Crippen molar-refractivity contribution in [2.75, 3.05) is 11.5 Å². The number of thioether (sulfide) groups is 1. The Morgan fingerprint density at radius 3 is 2.56 bits per heavy atom. The van der Waals surface area contributed by atoms with Crippen molar-refractivity contribution in [3.63, 3.8) is 0 Å². The first kappa shape index (κ1) is 17.2. The number of amides is 1. The number of hydrogen-bond donors (Lipinski definition) is 2. The smallest absolute Gasteiger partial charge is 0.233 e. The molecule has 8 heteroatoms. The molecule has 4 fully saturated rings. The topological polar surface area (TPSA) is 101 Å². The van der Waals surface area contributed by atoms with E-state index >= 15 is 0 Å². The maximum atomic E-state index is 13.3. The van der Waals surface area contributed by atoms with Crippen LogP contribution < -0.4 is 5.73 Å². The number of nitrogens with two attached hydrogens (primary N) is 1. The summed E-state index contributed by atoms with van der Waals surface area (Å²) in [5.74, 6) is 3.93. The van der Waals surface area contributed by atoms with Crippen molar-refractivity contribution < 1.29 is 9.21 Å².